The van der Waals surface area contributed by atoms with Crippen LogP contribution in [-0.2, 0) is 11.3 Å². The zero-order valence-electron chi connectivity index (χ0n) is 8.87. The van der Waals surface area contributed by atoms with Crippen molar-refractivity contribution in [1.29, 1.82) is 0 Å². The summed E-state index contributed by atoms with van der Waals surface area (Å²) in [5.74, 6) is -1.10. The lowest BCUT2D eigenvalue weighted by Crippen LogP contribution is -2.56. The average Bonchev–Trinajstić information content (AvgIpc) is 2.15. The summed E-state index contributed by atoms with van der Waals surface area (Å²) in [5.41, 5.74) is -0.0145. The molecule has 0 unspecified atom stereocenters. The molecule has 2 N–H and O–H groups in total. The van der Waals surface area contributed by atoms with Crippen LogP contribution in [0.25, 0.3) is 0 Å². The molecule has 1 aromatic carbocycles. The molecule has 0 spiro atoms. The average molecular weight is 223 g/mol. The third kappa shape index (κ3) is 2.07. The van der Waals surface area contributed by atoms with E-state index in [0.29, 0.717) is 19.4 Å². The van der Waals surface area contributed by atoms with Crippen molar-refractivity contribution in [3.8, 4) is 0 Å². The summed E-state index contributed by atoms with van der Waals surface area (Å²) >= 11 is 0. The summed E-state index contributed by atoms with van der Waals surface area (Å²) in [6, 6.07) is 6.20. The monoisotopic (exact) mass is 223 g/mol. The molecule has 0 atom stereocenters. The zero-order chi connectivity index (χ0) is 11.6. The second kappa shape index (κ2) is 4.22. The number of hydrogen-bond acceptors (Lipinski definition) is 2. The van der Waals surface area contributed by atoms with Crippen molar-refractivity contribution < 1.29 is 14.3 Å². The number of carboxylic acid groups (broad SMARTS) is 1. The van der Waals surface area contributed by atoms with Gasteiger partial charge in [-0.2, -0.15) is 0 Å². The van der Waals surface area contributed by atoms with E-state index in [1.807, 2.05) is 0 Å². The van der Waals surface area contributed by atoms with Crippen molar-refractivity contribution in [2.24, 2.45) is 0 Å². The number of nitrogens with one attached hydrogen (secondary N) is 1. The highest BCUT2D eigenvalue weighted by molar-refractivity contribution is 5.79. The van der Waals surface area contributed by atoms with Crippen molar-refractivity contribution in [2.75, 3.05) is 0 Å². The molecule has 1 fully saturated rings. The predicted octanol–water partition coefficient (Wildman–Crippen LogP) is 1.92. The molecule has 1 aliphatic rings. The van der Waals surface area contributed by atoms with Gasteiger partial charge in [-0.25, -0.2) is 4.39 Å². The van der Waals surface area contributed by atoms with Gasteiger partial charge in [0, 0.05) is 6.54 Å². The third-order valence-electron chi connectivity index (χ3n) is 3.14. The summed E-state index contributed by atoms with van der Waals surface area (Å²) in [6.45, 7) is 0.393. The Bertz CT molecular complexity index is 402. The highest BCUT2D eigenvalue weighted by atomic mass is 19.1. The van der Waals surface area contributed by atoms with Gasteiger partial charge in [0.25, 0.3) is 0 Å². The molecule has 0 amide bonds. The fourth-order valence-electron chi connectivity index (χ4n) is 1.91. The van der Waals surface area contributed by atoms with E-state index >= 15 is 0 Å². The Labute approximate surface area is 93.3 Å². The minimum Gasteiger partial charge on any atom is -0.480 e. The van der Waals surface area contributed by atoms with Crippen LogP contribution in [0.1, 0.15) is 24.8 Å². The minimum atomic E-state index is -0.810. The Kier molecular flexibility index (Phi) is 2.92. The van der Waals surface area contributed by atoms with E-state index in [1.54, 1.807) is 12.1 Å². The lowest BCUT2D eigenvalue weighted by molar-refractivity contribution is -0.148. The van der Waals surface area contributed by atoms with E-state index in [9.17, 15) is 9.18 Å². The first-order valence-electron chi connectivity index (χ1n) is 5.35. The third-order valence-corrected chi connectivity index (χ3v) is 3.14. The second-order valence-electron chi connectivity index (χ2n) is 4.22. The van der Waals surface area contributed by atoms with Crippen LogP contribution in [0.4, 0.5) is 4.39 Å². The van der Waals surface area contributed by atoms with Crippen LogP contribution in [0.15, 0.2) is 24.3 Å². The van der Waals surface area contributed by atoms with E-state index in [1.165, 1.54) is 12.1 Å². The van der Waals surface area contributed by atoms with E-state index in [4.69, 9.17) is 5.11 Å². The maximum atomic E-state index is 12.9. The van der Waals surface area contributed by atoms with Crippen molar-refractivity contribution in [3.63, 3.8) is 0 Å². The van der Waals surface area contributed by atoms with Gasteiger partial charge in [0.2, 0.25) is 0 Å². The van der Waals surface area contributed by atoms with Crippen molar-refractivity contribution in [3.05, 3.63) is 35.6 Å². The molecule has 3 nitrogen and oxygen atoms in total. The van der Waals surface area contributed by atoms with Crippen molar-refractivity contribution >= 4 is 5.97 Å². The van der Waals surface area contributed by atoms with Gasteiger partial charge in [0.1, 0.15) is 11.4 Å². The van der Waals surface area contributed by atoms with E-state index < -0.39 is 11.5 Å². The van der Waals surface area contributed by atoms with E-state index in [2.05, 4.69) is 5.32 Å². The van der Waals surface area contributed by atoms with Gasteiger partial charge in [0.05, 0.1) is 0 Å². The molecule has 16 heavy (non-hydrogen) atoms. The highest BCUT2D eigenvalue weighted by Gasteiger charge is 2.43. The molecule has 0 aromatic heterocycles. The lowest BCUT2D eigenvalue weighted by Gasteiger charge is -2.38. The molecule has 4 heteroatoms. The quantitative estimate of drug-likeness (QED) is 0.819. The molecule has 0 heterocycles. The Hall–Kier alpha value is -1.42. The van der Waals surface area contributed by atoms with Crippen LogP contribution in [0, 0.1) is 5.82 Å². The maximum Gasteiger partial charge on any atom is 0.323 e. The highest BCUT2D eigenvalue weighted by Crippen LogP contribution is 2.32. The van der Waals surface area contributed by atoms with Crippen LogP contribution >= 0.6 is 0 Å². The van der Waals surface area contributed by atoms with E-state index in [-0.39, 0.29) is 5.82 Å². The van der Waals surface area contributed by atoms with Crippen LogP contribution in [0.5, 0.6) is 0 Å². The summed E-state index contributed by atoms with van der Waals surface area (Å²) in [6.07, 6.45) is 2.23. The van der Waals surface area contributed by atoms with Crippen molar-refractivity contribution in [2.45, 2.75) is 31.3 Å². The summed E-state index contributed by atoms with van der Waals surface area (Å²) in [7, 11) is 0. The van der Waals surface area contributed by atoms with Gasteiger partial charge in [-0.05, 0) is 37.0 Å². The molecular formula is C12H14FNO2. The molecule has 1 aromatic rings. The Balaban J connectivity index is 1.99. The second-order valence-corrected chi connectivity index (χ2v) is 4.22. The lowest BCUT2D eigenvalue weighted by atomic mass is 9.76. The number of rotatable bonds is 4. The summed E-state index contributed by atoms with van der Waals surface area (Å²) < 4.78 is 12.9. The van der Waals surface area contributed by atoms with Gasteiger partial charge in [-0.15, -0.1) is 0 Å². The Morgan fingerprint density at radius 2 is 2.25 bits per heavy atom. The van der Waals surface area contributed by atoms with Gasteiger partial charge in [-0.3, -0.25) is 10.1 Å². The number of hydrogen-bond donors (Lipinski definition) is 2. The van der Waals surface area contributed by atoms with Crippen LogP contribution in [-0.4, -0.2) is 16.6 Å². The van der Waals surface area contributed by atoms with Gasteiger partial charge in [-0.1, -0.05) is 12.1 Å². The largest absolute Gasteiger partial charge is 0.480 e. The number of halogens is 1. The SMILES string of the molecule is O=C(O)C1(NCc2cccc(F)c2)CCC1. The first-order valence-corrected chi connectivity index (χ1v) is 5.35. The molecule has 0 bridgehead atoms. The topological polar surface area (TPSA) is 49.3 Å². The van der Waals surface area contributed by atoms with Crippen LogP contribution in [0.3, 0.4) is 0 Å². The standard InChI is InChI=1S/C12H14FNO2/c13-10-4-1-3-9(7-10)8-14-12(11(15)16)5-2-6-12/h1,3-4,7,14H,2,5-6,8H2,(H,15,16). The number of benzene rings is 1. The summed E-state index contributed by atoms with van der Waals surface area (Å²) in [5, 5.41) is 12.1. The number of aliphatic carboxylic acids is 1. The molecule has 86 valence electrons. The van der Waals surface area contributed by atoms with Crippen molar-refractivity contribution in [1.82, 2.24) is 5.32 Å². The number of carbonyl (C=O) groups is 1. The number of carboxylic acids is 1. The predicted molar refractivity (Wildman–Crippen MR) is 57.5 cm³/mol. The molecular weight excluding hydrogens is 209 g/mol. The molecule has 2 rings (SSSR count). The fraction of sp³-hybridized carbons (Fsp3) is 0.417. The van der Waals surface area contributed by atoms with Gasteiger partial charge >= 0.3 is 5.97 Å². The molecule has 0 radical (unpaired) electrons. The zero-order valence-corrected chi connectivity index (χ0v) is 8.87. The Morgan fingerprint density at radius 3 is 2.75 bits per heavy atom. The first kappa shape index (κ1) is 11.1. The summed E-state index contributed by atoms with van der Waals surface area (Å²) in [4.78, 5) is 11.1. The minimum absolute atomic E-state index is 0.294. The Morgan fingerprint density at radius 1 is 1.50 bits per heavy atom. The van der Waals surface area contributed by atoms with Gasteiger partial charge in [0.15, 0.2) is 0 Å². The first-order chi connectivity index (χ1) is 7.62. The normalized spacial score (nSPS) is 17.8. The van der Waals surface area contributed by atoms with Crippen LogP contribution < -0.4 is 5.32 Å². The molecule has 1 aliphatic carbocycles. The smallest absolute Gasteiger partial charge is 0.323 e. The molecule has 0 aliphatic heterocycles. The molecule has 0 saturated heterocycles. The van der Waals surface area contributed by atoms with E-state index in [0.717, 1.165) is 12.0 Å². The maximum absolute atomic E-state index is 12.9. The molecule has 1 saturated carbocycles. The fourth-order valence-corrected chi connectivity index (χ4v) is 1.91. The van der Waals surface area contributed by atoms with Gasteiger partial charge < -0.3 is 5.11 Å². The van der Waals surface area contributed by atoms with Crippen LogP contribution in [0.2, 0.25) is 0 Å².